The number of hydrogen-bond donors (Lipinski definition) is 3. The first kappa shape index (κ1) is 12.3. The van der Waals surface area contributed by atoms with Crippen LogP contribution in [0.2, 0.25) is 5.02 Å². The van der Waals surface area contributed by atoms with Gasteiger partial charge in [-0.25, -0.2) is 15.1 Å². The van der Waals surface area contributed by atoms with Gasteiger partial charge in [-0.3, -0.25) is 5.21 Å². The van der Waals surface area contributed by atoms with Gasteiger partial charge in [0.2, 0.25) is 0 Å². The van der Waals surface area contributed by atoms with Gasteiger partial charge in [-0.15, -0.1) is 0 Å². The predicted molar refractivity (Wildman–Crippen MR) is 56.4 cm³/mol. The second kappa shape index (κ2) is 5.94. The minimum atomic E-state index is -1.23. The van der Waals surface area contributed by atoms with E-state index in [-0.39, 0.29) is 6.54 Å². The zero-order valence-corrected chi connectivity index (χ0v) is 8.82. The normalized spacial score (nSPS) is 9.38. The number of para-hydroxylation sites is 1. The molecule has 16 heavy (non-hydrogen) atoms. The molecule has 0 fully saturated rings. The molecule has 0 saturated carbocycles. The molecule has 0 aliphatic heterocycles. The van der Waals surface area contributed by atoms with Gasteiger partial charge in [0.1, 0.15) is 6.54 Å². The van der Waals surface area contributed by atoms with Crippen LogP contribution < -0.4 is 10.8 Å². The Kier molecular flexibility index (Phi) is 4.56. The van der Waals surface area contributed by atoms with Crippen molar-refractivity contribution in [2.75, 3.05) is 11.9 Å². The molecular weight excluding hydrogens is 236 g/mol. The van der Waals surface area contributed by atoms with Crippen LogP contribution in [0, 0.1) is 0 Å². The highest BCUT2D eigenvalue weighted by molar-refractivity contribution is 6.33. The molecule has 7 heteroatoms. The molecule has 0 aromatic heterocycles. The number of nitrogens with one attached hydrogen (secondary N) is 2. The van der Waals surface area contributed by atoms with Crippen molar-refractivity contribution in [2.45, 2.75) is 0 Å². The number of carbonyl (C=O) groups excluding carboxylic acids is 2. The maximum Gasteiger partial charge on any atom is 0.438 e. The Hall–Kier alpha value is -1.79. The van der Waals surface area contributed by atoms with E-state index in [0.717, 1.165) is 0 Å². The zero-order valence-electron chi connectivity index (χ0n) is 8.07. The summed E-state index contributed by atoms with van der Waals surface area (Å²) in [5.41, 5.74) is 1.72. The van der Waals surface area contributed by atoms with Crippen molar-refractivity contribution in [1.29, 1.82) is 0 Å². The molecule has 1 aromatic rings. The molecular formula is C9H9ClN2O4. The summed E-state index contributed by atoms with van der Waals surface area (Å²) in [7, 11) is 0. The van der Waals surface area contributed by atoms with Crippen LogP contribution in [-0.4, -0.2) is 23.8 Å². The number of anilines is 1. The largest absolute Gasteiger partial charge is 0.438 e. The maximum atomic E-state index is 11.0. The second-order valence-electron chi connectivity index (χ2n) is 2.71. The first-order valence-corrected chi connectivity index (χ1v) is 4.64. The predicted octanol–water partition coefficient (Wildman–Crippen LogP) is 1.39. The van der Waals surface area contributed by atoms with E-state index < -0.39 is 12.1 Å². The van der Waals surface area contributed by atoms with E-state index in [0.29, 0.717) is 10.7 Å². The standard InChI is InChI=1S/C9H9ClN2O4/c10-6-3-1-2-4-7(6)11-5-8(13)16-9(14)12-15/h1-4,11,15H,5H2,(H,12,14). The topological polar surface area (TPSA) is 87.7 Å². The molecule has 1 rings (SSSR count). The SMILES string of the molecule is O=C(CNc1ccccc1Cl)OC(=O)NO. The van der Waals surface area contributed by atoms with Crippen LogP contribution in [0.5, 0.6) is 0 Å². The third kappa shape index (κ3) is 3.76. The number of carbonyl (C=O) groups is 2. The Morgan fingerprint density at radius 3 is 2.69 bits per heavy atom. The lowest BCUT2D eigenvalue weighted by atomic mass is 10.3. The minimum absolute atomic E-state index is 0.239. The first-order valence-electron chi connectivity index (χ1n) is 4.26. The summed E-state index contributed by atoms with van der Waals surface area (Å²) in [6, 6.07) is 6.79. The average Bonchev–Trinajstić information content (AvgIpc) is 2.28. The first-order chi connectivity index (χ1) is 7.63. The van der Waals surface area contributed by atoms with Gasteiger partial charge in [0.05, 0.1) is 10.7 Å². The van der Waals surface area contributed by atoms with E-state index in [1.165, 1.54) is 5.48 Å². The number of amides is 1. The molecule has 3 N–H and O–H groups in total. The molecule has 86 valence electrons. The zero-order chi connectivity index (χ0) is 12.0. The summed E-state index contributed by atoms with van der Waals surface area (Å²) >= 11 is 5.81. The summed E-state index contributed by atoms with van der Waals surface area (Å²) in [6.07, 6.45) is -1.23. The Morgan fingerprint density at radius 2 is 2.06 bits per heavy atom. The van der Waals surface area contributed by atoms with Gasteiger partial charge in [0.15, 0.2) is 0 Å². The molecule has 1 amide bonds. The van der Waals surface area contributed by atoms with Crippen LogP contribution in [0.3, 0.4) is 0 Å². The molecule has 0 aliphatic carbocycles. The van der Waals surface area contributed by atoms with Gasteiger partial charge >= 0.3 is 12.1 Å². The van der Waals surface area contributed by atoms with Crippen molar-refractivity contribution < 1.29 is 19.5 Å². The number of rotatable bonds is 3. The monoisotopic (exact) mass is 244 g/mol. The molecule has 0 heterocycles. The third-order valence-corrected chi connectivity index (χ3v) is 1.92. The summed E-state index contributed by atoms with van der Waals surface area (Å²) in [5, 5.41) is 11.2. The van der Waals surface area contributed by atoms with Gasteiger partial charge in [-0.05, 0) is 12.1 Å². The van der Waals surface area contributed by atoms with Crippen LogP contribution in [0.1, 0.15) is 0 Å². The molecule has 0 atom stereocenters. The highest BCUT2D eigenvalue weighted by atomic mass is 35.5. The van der Waals surface area contributed by atoms with Gasteiger partial charge < -0.3 is 10.1 Å². The number of ether oxygens (including phenoxy) is 1. The molecule has 0 aliphatic rings. The maximum absolute atomic E-state index is 11.0. The lowest BCUT2D eigenvalue weighted by Gasteiger charge is -2.06. The fourth-order valence-corrected chi connectivity index (χ4v) is 1.14. The quantitative estimate of drug-likeness (QED) is 0.324. The van der Waals surface area contributed by atoms with E-state index in [4.69, 9.17) is 16.8 Å². The second-order valence-corrected chi connectivity index (χ2v) is 3.11. The Bertz CT molecular complexity index is 397. The van der Waals surface area contributed by atoms with Crippen molar-refractivity contribution in [2.24, 2.45) is 0 Å². The molecule has 6 nitrogen and oxygen atoms in total. The lowest BCUT2D eigenvalue weighted by Crippen LogP contribution is -2.27. The number of halogens is 1. The summed E-state index contributed by atoms with van der Waals surface area (Å²) in [6.45, 7) is -0.239. The molecule has 0 saturated heterocycles. The molecule has 1 aromatic carbocycles. The highest BCUT2D eigenvalue weighted by Crippen LogP contribution is 2.19. The molecule has 0 bridgehead atoms. The summed E-state index contributed by atoms with van der Waals surface area (Å²) < 4.78 is 4.12. The Morgan fingerprint density at radius 1 is 1.38 bits per heavy atom. The summed E-state index contributed by atoms with van der Waals surface area (Å²) in [5.74, 6) is -0.841. The Balaban J connectivity index is 2.43. The van der Waals surface area contributed by atoms with E-state index >= 15 is 0 Å². The minimum Gasteiger partial charge on any atom is -0.374 e. The van der Waals surface area contributed by atoms with Crippen molar-refractivity contribution in [3.63, 3.8) is 0 Å². The van der Waals surface area contributed by atoms with Crippen LogP contribution in [-0.2, 0) is 9.53 Å². The Labute approximate surface area is 96.1 Å². The van der Waals surface area contributed by atoms with Crippen molar-refractivity contribution in [3.05, 3.63) is 29.3 Å². The number of hydrogen-bond acceptors (Lipinski definition) is 5. The number of benzene rings is 1. The van der Waals surface area contributed by atoms with Crippen LogP contribution >= 0.6 is 11.6 Å². The van der Waals surface area contributed by atoms with Crippen molar-refractivity contribution in [3.8, 4) is 0 Å². The van der Waals surface area contributed by atoms with Gasteiger partial charge in [0, 0.05) is 0 Å². The van der Waals surface area contributed by atoms with E-state index in [2.05, 4.69) is 10.1 Å². The van der Waals surface area contributed by atoms with Crippen molar-refractivity contribution >= 4 is 29.4 Å². The molecule has 0 spiro atoms. The number of esters is 1. The van der Waals surface area contributed by atoms with Crippen LogP contribution in [0.4, 0.5) is 10.5 Å². The third-order valence-electron chi connectivity index (χ3n) is 1.59. The van der Waals surface area contributed by atoms with Crippen molar-refractivity contribution in [1.82, 2.24) is 5.48 Å². The van der Waals surface area contributed by atoms with E-state index in [1.807, 2.05) is 0 Å². The number of hydroxylamine groups is 1. The van der Waals surface area contributed by atoms with Gasteiger partial charge in [-0.2, -0.15) is 0 Å². The molecule has 0 unspecified atom stereocenters. The van der Waals surface area contributed by atoms with Gasteiger partial charge in [0.25, 0.3) is 0 Å². The molecule has 0 radical (unpaired) electrons. The fraction of sp³-hybridized carbons (Fsp3) is 0.111. The fourth-order valence-electron chi connectivity index (χ4n) is 0.934. The van der Waals surface area contributed by atoms with Crippen LogP contribution in [0.25, 0.3) is 0 Å². The highest BCUT2D eigenvalue weighted by Gasteiger charge is 2.09. The van der Waals surface area contributed by atoms with Gasteiger partial charge in [-0.1, -0.05) is 23.7 Å². The average molecular weight is 245 g/mol. The van der Waals surface area contributed by atoms with E-state index in [9.17, 15) is 9.59 Å². The summed E-state index contributed by atoms with van der Waals surface area (Å²) in [4.78, 5) is 21.4. The lowest BCUT2D eigenvalue weighted by molar-refractivity contribution is -0.136. The van der Waals surface area contributed by atoms with E-state index in [1.54, 1.807) is 24.3 Å². The smallest absolute Gasteiger partial charge is 0.374 e. The van der Waals surface area contributed by atoms with Crippen LogP contribution in [0.15, 0.2) is 24.3 Å².